The SMILES string of the molecule is COc1ccc(CC2(N)CCCC2(C)C)cc1F. The Balaban J connectivity index is 2.22. The van der Waals surface area contributed by atoms with Crippen LogP contribution in [0.4, 0.5) is 4.39 Å². The first kappa shape index (κ1) is 13.3. The van der Waals surface area contributed by atoms with Crippen molar-refractivity contribution in [3.05, 3.63) is 29.6 Å². The summed E-state index contributed by atoms with van der Waals surface area (Å²) in [5.41, 5.74) is 7.37. The maximum atomic E-state index is 13.7. The lowest BCUT2D eigenvalue weighted by atomic mass is 9.72. The van der Waals surface area contributed by atoms with Gasteiger partial charge in [-0.3, -0.25) is 0 Å². The molecule has 1 aliphatic carbocycles. The predicted molar refractivity (Wildman–Crippen MR) is 71.2 cm³/mol. The van der Waals surface area contributed by atoms with Crippen LogP contribution in [0, 0.1) is 11.2 Å². The molecule has 0 aliphatic heterocycles. The zero-order valence-corrected chi connectivity index (χ0v) is 11.4. The van der Waals surface area contributed by atoms with Crippen molar-refractivity contribution in [2.24, 2.45) is 11.1 Å². The molecule has 1 aromatic rings. The van der Waals surface area contributed by atoms with E-state index in [-0.39, 0.29) is 22.5 Å². The molecule has 1 unspecified atom stereocenters. The molecular weight excluding hydrogens is 229 g/mol. The van der Waals surface area contributed by atoms with Crippen LogP contribution in [0.2, 0.25) is 0 Å². The predicted octanol–water partition coefficient (Wildman–Crippen LogP) is 3.28. The summed E-state index contributed by atoms with van der Waals surface area (Å²) in [5, 5.41) is 0. The number of nitrogens with two attached hydrogens (primary N) is 1. The number of methoxy groups -OCH3 is 1. The maximum Gasteiger partial charge on any atom is 0.165 e. The summed E-state index contributed by atoms with van der Waals surface area (Å²) in [6.07, 6.45) is 4.03. The van der Waals surface area contributed by atoms with Crippen LogP contribution < -0.4 is 10.5 Å². The molecule has 0 spiro atoms. The van der Waals surface area contributed by atoms with E-state index in [9.17, 15) is 4.39 Å². The van der Waals surface area contributed by atoms with E-state index in [1.165, 1.54) is 7.11 Å². The lowest BCUT2D eigenvalue weighted by molar-refractivity contribution is 0.207. The van der Waals surface area contributed by atoms with Gasteiger partial charge in [0.05, 0.1) is 7.11 Å². The largest absolute Gasteiger partial charge is 0.494 e. The van der Waals surface area contributed by atoms with Crippen LogP contribution in [-0.2, 0) is 6.42 Å². The van der Waals surface area contributed by atoms with Crippen LogP contribution >= 0.6 is 0 Å². The van der Waals surface area contributed by atoms with Gasteiger partial charge < -0.3 is 10.5 Å². The average Bonchev–Trinajstić information content (AvgIpc) is 2.53. The second-order valence-corrected chi connectivity index (χ2v) is 6.04. The number of benzene rings is 1. The smallest absolute Gasteiger partial charge is 0.165 e. The number of rotatable bonds is 3. The van der Waals surface area contributed by atoms with Crippen molar-refractivity contribution in [1.29, 1.82) is 0 Å². The normalized spacial score (nSPS) is 26.3. The first-order valence-electron chi connectivity index (χ1n) is 6.49. The maximum absolute atomic E-state index is 13.7. The van der Waals surface area contributed by atoms with E-state index in [4.69, 9.17) is 10.5 Å². The molecule has 1 saturated carbocycles. The monoisotopic (exact) mass is 251 g/mol. The third kappa shape index (κ3) is 2.24. The highest BCUT2D eigenvalue weighted by Crippen LogP contribution is 2.46. The Kier molecular flexibility index (Phi) is 3.37. The fourth-order valence-electron chi connectivity index (χ4n) is 2.94. The van der Waals surface area contributed by atoms with Gasteiger partial charge in [0.15, 0.2) is 11.6 Å². The first-order valence-corrected chi connectivity index (χ1v) is 6.49. The molecule has 2 nitrogen and oxygen atoms in total. The molecule has 0 radical (unpaired) electrons. The summed E-state index contributed by atoms with van der Waals surface area (Å²) in [5.74, 6) is -0.0232. The number of hydrogen-bond donors (Lipinski definition) is 1. The average molecular weight is 251 g/mol. The third-order valence-electron chi connectivity index (χ3n) is 4.51. The van der Waals surface area contributed by atoms with Gasteiger partial charge in [-0.1, -0.05) is 26.3 Å². The fourth-order valence-corrected chi connectivity index (χ4v) is 2.94. The molecule has 0 bridgehead atoms. The molecule has 2 N–H and O–H groups in total. The molecule has 2 rings (SSSR count). The van der Waals surface area contributed by atoms with Crippen molar-refractivity contribution in [3.8, 4) is 5.75 Å². The van der Waals surface area contributed by atoms with Crippen LogP contribution in [0.15, 0.2) is 18.2 Å². The summed E-state index contributed by atoms with van der Waals surface area (Å²) in [7, 11) is 1.47. The lowest BCUT2D eigenvalue weighted by Gasteiger charge is -2.38. The standard InChI is InChI=1S/C15H22FNO/c1-14(2)7-4-8-15(14,17)10-11-5-6-13(18-3)12(16)9-11/h5-6,9H,4,7-8,10,17H2,1-3H3. The molecule has 100 valence electrons. The molecule has 1 aliphatic rings. The van der Waals surface area contributed by atoms with Gasteiger partial charge >= 0.3 is 0 Å². The van der Waals surface area contributed by atoms with Crippen LogP contribution in [0.1, 0.15) is 38.7 Å². The second kappa shape index (κ2) is 4.54. The lowest BCUT2D eigenvalue weighted by Crippen LogP contribution is -2.50. The van der Waals surface area contributed by atoms with Crippen LogP contribution in [-0.4, -0.2) is 12.6 Å². The van der Waals surface area contributed by atoms with Gasteiger partial charge in [0, 0.05) is 5.54 Å². The van der Waals surface area contributed by atoms with Crippen molar-refractivity contribution in [3.63, 3.8) is 0 Å². The zero-order valence-electron chi connectivity index (χ0n) is 11.4. The minimum atomic E-state index is -0.311. The zero-order chi connectivity index (χ0) is 13.4. The molecule has 0 amide bonds. The molecule has 1 fully saturated rings. The summed E-state index contributed by atoms with van der Waals surface area (Å²) < 4.78 is 18.6. The van der Waals surface area contributed by atoms with Gasteiger partial charge in [0.2, 0.25) is 0 Å². The van der Waals surface area contributed by atoms with E-state index in [0.29, 0.717) is 0 Å². The van der Waals surface area contributed by atoms with Gasteiger partial charge in [0.1, 0.15) is 0 Å². The van der Waals surface area contributed by atoms with Crippen molar-refractivity contribution in [1.82, 2.24) is 0 Å². The Morgan fingerprint density at radius 2 is 2.06 bits per heavy atom. The minimum Gasteiger partial charge on any atom is -0.494 e. The summed E-state index contributed by atoms with van der Waals surface area (Å²) >= 11 is 0. The Morgan fingerprint density at radius 1 is 1.33 bits per heavy atom. The number of hydrogen-bond acceptors (Lipinski definition) is 2. The number of halogens is 1. The van der Waals surface area contributed by atoms with Gasteiger partial charge in [-0.2, -0.15) is 0 Å². The summed E-state index contributed by atoms with van der Waals surface area (Å²) in [6, 6.07) is 5.13. The van der Waals surface area contributed by atoms with Crippen molar-refractivity contribution in [2.75, 3.05) is 7.11 Å². The third-order valence-corrected chi connectivity index (χ3v) is 4.51. The van der Waals surface area contributed by atoms with E-state index in [1.54, 1.807) is 12.1 Å². The molecule has 1 aromatic carbocycles. The Labute approximate surface area is 108 Å². The van der Waals surface area contributed by atoms with Gasteiger partial charge in [0.25, 0.3) is 0 Å². The van der Waals surface area contributed by atoms with Crippen molar-refractivity contribution in [2.45, 2.75) is 45.1 Å². The first-order chi connectivity index (χ1) is 8.38. The highest BCUT2D eigenvalue weighted by Gasteiger charge is 2.45. The molecule has 3 heteroatoms. The van der Waals surface area contributed by atoms with Crippen molar-refractivity contribution < 1.29 is 9.13 Å². The molecular formula is C15H22FNO. The fraction of sp³-hybridized carbons (Fsp3) is 0.600. The van der Waals surface area contributed by atoms with Crippen LogP contribution in [0.25, 0.3) is 0 Å². The van der Waals surface area contributed by atoms with Gasteiger partial charge in [-0.25, -0.2) is 4.39 Å². The van der Waals surface area contributed by atoms with E-state index in [1.807, 2.05) is 6.07 Å². The molecule has 0 saturated heterocycles. The van der Waals surface area contributed by atoms with E-state index < -0.39 is 0 Å². The molecule has 1 atom stereocenters. The van der Waals surface area contributed by atoms with E-state index in [2.05, 4.69) is 13.8 Å². The van der Waals surface area contributed by atoms with Crippen molar-refractivity contribution >= 4 is 0 Å². The van der Waals surface area contributed by atoms with Gasteiger partial charge in [-0.05, 0) is 42.4 Å². The van der Waals surface area contributed by atoms with Crippen LogP contribution in [0.5, 0.6) is 5.75 Å². The van der Waals surface area contributed by atoms with Crippen LogP contribution in [0.3, 0.4) is 0 Å². The minimum absolute atomic E-state index is 0.114. The topological polar surface area (TPSA) is 35.2 Å². The Hall–Kier alpha value is -1.09. The molecule has 18 heavy (non-hydrogen) atoms. The molecule has 0 heterocycles. The highest BCUT2D eigenvalue weighted by molar-refractivity contribution is 5.31. The number of ether oxygens (including phenoxy) is 1. The summed E-state index contributed by atoms with van der Waals surface area (Å²) in [6.45, 7) is 4.42. The molecule has 0 aromatic heterocycles. The highest BCUT2D eigenvalue weighted by atomic mass is 19.1. The Bertz CT molecular complexity index is 444. The summed E-state index contributed by atoms with van der Waals surface area (Å²) in [4.78, 5) is 0. The Morgan fingerprint density at radius 3 is 2.56 bits per heavy atom. The second-order valence-electron chi connectivity index (χ2n) is 6.04. The van der Waals surface area contributed by atoms with E-state index >= 15 is 0 Å². The quantitative estimate of drug-likeness (QED) is 0.894. The van der Waals surface area contributed by atoms with E-state index in [0.717, 1.165) is 31.2 Å². The van der Waals surface area contributed by atoms with Gasteiger partial charge in [-0.15, -0.1) is 0 Å².